The molecule has 4 rings (SSSR count). The molecule has 2 aromatic heterocycles. The van der Waals surface area contributed by atoms with Crippen LogP contribution >= 0.6 is 11.3 Å². The van der Waals surface area contributed by atoms with Gasteiger partial charge in [0.25, 0.3) is 5.91 Å². The Bertz CT molecular complexity index is 1200. The van der Waals surface area contributed by atoms with Crippen molar-refractivity contribution in [3.8, 4) is 6.07 Å². The summed E-state index contributed by atoms with van der Waals surface area (Å²) < 4.78 is 36.6. The van der Waals surface area contributed by atoms with E-state index in [1.54, 1.807) is 24.5 Å². The number of amides is 1. The van der Waals surface area contributed by atoms with Crippen LogP contribution in [0.25, 0.3) is 0 Å². The van der Waals surface area contributed by atoms with E-state index in [0.717, 1.165) is 22.4 Å². The fraction of sp³-hybridized carbons (Fsp3) is 0.304. The first kappa shape index (κ1) is 22.6. The molecule has 1 amide bonds. The molecule has 0 radical (unpaired) electrons. The lowest BCUT2D eigenvalue weighted by Crippen LogP contribution is -2.22. The van der Waals surface area contributed by atoms with Crippen LogP contribution in [0, 0.1) is 23.4 Å². The van der Waals surface area contributed by atoms with Crippen molar-refractivity contribution >= 4 is 22.2 Å². The Morgan fingerprint density at radius 1 is 1.52 bits per heavy atom. The van der Waals surface area contributed by atoms with E-state index in [2.05, 4.69) is 32.6 Å². The molecule has 0 spiro atoms. The van der Waals surface area contributed by atoms with Gasteiger partial charge in [-0.05, 0) is 36.3 Å². The molecule has 1 N–H and O–H groups in total. The summed E-state index contributed by atoms with van der Waals surface area (Å²) in [6.45, 7) is 3.80. The first-order chi connectivity index (χ1) is 16.0. The number of allylic oxidation sites excluding steroid dienone is 5. The summed E-state index contributed by atoms with van der Waals surface area (Å²) in [7, 11) is 0. The third-order valence-corrected chi connectivity index (χ3v) is 6.71. The van der Waals surface area contributed by atoms with Crippen molar-refractivity contribution < 1.29 is 22.8 Å². The first-order valence-electron chi connectivity index (χ1n) is 10.3. The van der Waals surface area contributed by atoms with Gasteiger partial charge in [-0.1, -0.05) is 36.0 Å². The molecule has 170 valence electrons. The topological polar surface area (TPSA) is 101 Å². The Hall–Kier alpha value is -3.58. The van der Waals surface area contributed by atoms with Gasteiger partial charge in [0.2, 0.25) is 5.82 Å². The van der Waals surface area contributed by atoms with Gasteiger partial charge in [-0.2, -0.15) is 10.2 Å². The number of aromatic nitrogens is 2. The summed E-state index contributed by atoms with van der Waals surface area (Å²) >= 11 is 1.34. The van der Waals surface area contributed by atoms with Gasteiger partial charge in [0.15, 0.2) is 6.61 Å². The quantitative estimate of drug-likeness (QED) is 0.465. The Labute approximate surface area is 192 Å². The highest BCUT2D eigenvalue weighted by Gasteiger charge is 2.29. The zero-order chi connectivity index (χ0) is 23.4. The van der Waals surface area contributed by atoms with Gasteiger partial charge < -0.3 is 14.6 Å². The number of hydrogen-bond acceptors (Lipinski definition) is 7. The predicted molar refractivity (Wildman–Crippen MR) is 117 cm³/mol. The van der Waals surface area contributed by atoms with Crippen LogP contribution in [0.4, 0.5) is 13.8 Å². The van der Waals surface area contributed by atoms with Crippen molar-refractivity contribution in [3.63, 3.8) is 0 Å². The number of thiophene rings is 1. The van der Waals surface area contributed by atoms with Gasteiger partial charge in [0.05, 0.1) is 17.4 Å². The maximum atomic E-state index is 14.1. The third kappa shape index (κ3) is 4.93. The van der Waals surface area contributed by atoms with Gasteiger partial charge in [-0.15, -0.1) is 15.7 Å². The zero-order valence-electron chi connectivity index (χ0n) is 17.5. The maximum Gasteiger partial charge on any atom is 0.405 e. The molecule has 33 heavy (non-hydrogen) atoms. The summed E-state index contributed by atoms with van der Waals surface area (Å²) in [6.07, 6.45) is 7.84. The fourth-order valence-electron chi connectivity index (χ4n) is 3.89. The Morgan fingerprint density at radius 2 is 2.36 bits per heavy atom. The number of nitrogens with zero attached hydrogens (tertiary/aromatic N) is 3. The van der Waals surface area contributed by atoms with E-state index in [1.807, 2.05) is 0 Å². The molecule has 0 bridgehead atoms. The lowest BCUT2D eigenvalue weighted by Gasteiger charge is -2.23. The number of nitrogens with one attached hydrogen (secondary N) is 1. The Kier molecular flexibility index (Phi) is 6.79. The van der Waals surface area contributed by atoms with Crippen molar-refractivity contribution in [1.82, 2.24) is 10.1 Å². The van der Waals surface area contributed by atoms with E-state index in [-0.39, 0.29) is 30.3 Å². The normalized spacial score (nSPS) is 19.9. The van der Waals surface area contributed by atoms with Gasteiger partial charge in [-0.3, -0.25) is 4.79 Å². The number of hydrogen-bond donors (Lipinski definition) is 1. The molecule has 2 aliphatic carbocycles. The van der Waals surface area contributed by atoms with Crippen molar-refractivity contribution in [3.05, 3.63) is 76.3 Å². The van der Waals surface area contributed by atoms with Gasteiger partial charge >= 0.3 is 6.14 Å². The van der Waals surface area contributed by atoms with Crippen LogP contribution in [0.1, 0.15) is 34.7 Å². The summed E-state index contributed by atoms with van der Waals surface area (Å²) in [4.78, 5) is 17.0. The molecule has 2 heterocycles. The zero-order valence-corrected chi connectivity index (χ0v) is 18.3. The van der Waals surface area contributed by atoms with E-state index in [9.17, 15) is 18.8 Å². The fourth-order valence-corrected chi connectivity index (χ4v) is 5.16. The van der Waals surface area contributed by atoms with E-state index < -0.39 is 18.2 Å². The maximum absolute atomic E-state index is 14.1. The van der Waals surface area contributed by atoms with E-state index in [4.69, 9.17) is 4.74 Å². The number of carbonyl (C=O) groups is 1. The van der Waals surface area contributed by atoms with Crippen LogP contribution in [0.15, 0.2) is 52.8 Å². The van der Waals surface area contributed by atoms with Crippen LogP contribution in [0.3, 0.4) is 0 Å². The number of fused-ring (bicyclic) bond motifs is 1. The van der Waals surface area contributed by atoms with Crippen LogP contribution in [-0.4, -0.2) is 22.2 Å². The second-order valence-electron chi connectivity index (χ2n) is 7.56. The third-order valence-electron chi connectivity index (χ3n) is 5.54. The van der Waals surface area contributed by atoms with Crippen molar-refractivity contribution in [1.29, 1.82) is 5.26 Å². The molecule has 0 fully saturated rings. The number of rotatable bonds is 7. The minimum Gasteiger partial charge on any atom is -0.493 e. The number of alkyl halides is 1. The molecule has 0 aliphatic heterocycles. The predicted octanol–water partition coefficient (Wildman–Crippen LogP) is 4.70. The summed E-state index contributed by atoms with van der Waals surface area (Å²) in [6, 6.07) is 2.19. The van der Waals surface area contributed by atoms with Crippen LogP contribution in [0.2, 0.25) is 0 Å². The molecule has 2 atom stereocenters. The number of ether oxygens (including phenoxy) is 1. The highest BCUT2D eigenvalue weighted by Crippen LogP contribution is 2.41. The van der Waals surface area contributed by atoms with Gasteiger partial charge in [0.1, 0.15) is 17.2 Å². The second-order valence-corrected chi connectivity index (χ2v) is 8.67. The molecule has 2 aromatic rings. The number of anilines is 1. The molecule has 0 aromatic carbocycles. The SMILES string of the molecule is C=C/C(=C/OCc1noc(F)n1)C1CCc2c(sc(NC(=O)C3=CC=CCC3F)c2C#N)C1. The molecule has 0 saturated carbocycles. The van der Waals surface area contributed by atoms with E-state index >= 15 is 0 Å². The minimum atomic E-state index is -1.36. The summed E-state index contributed by atoms with van der Waals surface area (Å²) in [5, 5.41) is 16.3. The highest BCUT2D eigenvalue weighted by atomic mass is 32.1. The number of nitriles is 1. The van der Waals surface area contributed by atoms with Gasteiger partial charge in [-0.25, -0.2) is 4.39 Å². The molecule has 0 saturated heterocycles. The highest BCUT2D eigenvalue weighted by molar-refractivity contribution is 7.16. The molecular weight excluding hydrogens is 450 g/mol. The van der Waals surface area contributed by atoms with Crippen molar-refractivity contribution in [2.75, 3.05) is 5.32 Å². The first-order valence-corrected chi connectivity index (χ1v) is 11.1. The van der Waals surface area contributed by atoms with Crippen LogP contribution in [-0.2, 0) is 29.0 Å². The molecule has 2 aliphatic rings. The summed E-state index contributed by atoms with van der Waals surface area (Å²) in [5.41, 5.74) is 2.25. The standard InChI is InChI=1S/C23H20F2N4O3S/c1-2-13(11-31-12-20-27-23(25)32-29-20)14-7-8-15-17(10-26)22(33-19(15)9-14)28-21(30)16-5-3-4-6-18(16)24/h2-5,11,14,18H,1,6-9,12H2,(H,28,30)/b13-11-. The van der Waals surface area contributed by atoms with Crippen molar-refractivity contribution in [2.24, 2.45) is 5.92 Å². The smallest absolute Gasteiger partial charge is 0.405 e. The molecule has 10 heteroatoms. The molecule has 2 unspecified atom stereocenters. The lowest BCUT2D eigenvalue weighted by molar-refractivity contribution is -0.113. The largest absolute Gasteiger partial charge is 0.493 e. The van der Waals surface area contributed by atoms with Crippen LogP contribution < -0.4 is 5.32 Å². The minimum absolute atomic E-state index is 0.0445. The Balaban J connectivity index is 1.47. The van der Waals surface area contributed by atoms with Crippen LogP contribution in [0.5, 0.6) is 0 Å². The van der Waals surface area contributed by atoms with E-state index in [0.29, 0.717) is 23.4 Å². The molecule has 7 nitrogen and oxygen atoms in total. The molecular formula is C23H20F2N4O3S. The summed E-state index contributed by atoms with van der Waals surface area (Å²) in [5.74, 6) is -0.349. The van der Waals surface area contributed by atoms with E-state index in [1.165, 1.54) is 17.4 Å². The average molecular weight is 471 g/mol. The second kappa shape index (κ2) is 9.92. The van der Waals surface area contributed by atoms with Crippen molar-refractivity contribution in [2.45, 2.75) is 38.5 Å². The number of carbonyl (C=O) groups excluding carboxylic acids is 1. The Morgan fingerprint density at radius 3 is 3.06 bits per heavy atom. The van der Waals surface area contributed by atoms with Gasteiger partial charge in [0, 0.05) is 11.3 Å². The average Bonchev–Trinajstić information content (AvgIpc) is 3.38. The lowest BCUT2D eigenvalue weighted by atomic mass is 9.83. The number of halogens is 2. The monoisotopic (exact) mass is 470 g/mol.